The van der Waals surface area contributed by atoms with Crippen LogP contribution in [0, 0.1) is 11.8 Å². The van der Waals surface area contributed by atoms with Gasteiger partial charge in [0.2, 0.25) is 0 Å². The summed E-state index contributed by atoms with van der Waals surface area (Å²) in [6.07, 6.45) is 2.56. The molecule has 0 heterocycles. The quantitative estimate of drug-likeness (QED) is 0.638. The Morgan fingerprint density at radius 1 is 1.45 bits per heavy atom. The number of halogens is 1. The first-order chi connectivity index (χ1) is 9.58. The van der Waals surface area contributed by atoms with Crippen molar-refractivity contribution in [2.45, 2.75) is 13.8 Å². The van der Waals surface area contributed by atoms with E-state index in [-0.39, 0.29) is 6.61 Å². The topological polar surface area (TPSA) is 55.8 Å². The van der Waals surface area contributed by atoms with Gasteiger partial charge in [0.05, 0.1) is 11.1 Å². The molecule has 0 saturated carbocycles. The van der Waals surface area contributed by atoms with Crippen LogP contribution in [-0.4, -0.2) is 24.3 Å². The molecule has 0 radical (unpaired) electrons. The van der Waals surface area contributed by atoms with Crippen molar-refractivity contribution in [3.8, 4) is 23.3 Å². The lowest BCUT2D eigenvalue weighted by molar-refractivity contribution is -0.131. The number of carboxylic acids is 1. The van der Waals surface area contributed by atoms with Crippen molar-refractivity contribution in [1.82, 2.24) is 0 Å². The Morgan fingerprint density at radius 3 is 2.80 bits per heavy atom. The summed E-state index contributed by atoms with van der Waals surface area (Å²) in [6.45, 7) is 4.35. The Hall–Kier alpha value is -1.93. The van der Waals surface area contributed by atoms with Gasteiger partial charge in [0.1, 0.15) is 6.61 Å². The van der Waals surface area contributed by atoms with Crippen LogP contribution in [0.3, 0.4) is 0 Å². The molecule has 1 aromatic carbocycles. The third-order valence-corrected chi connectivity index (χ3v) is 2.80. The number of hydrogen-bond acceptors (Lipinski definition) is 3. The molecule has 4 nitrogen and oxygen atoms in total. The predicted molar refractivity (Wildman–Crippen MR) is 80.9 cm³/mol. The van der Waals surface area contributed by atoms with Gasteiger partial charge in [-0.05, 0) is 53.5 Å². The van der Waals surface area contributed by atoms with E-state index >= 15 is 0 Å². The fourth-order valence-electron chi connectivity index (χ4n) is 1.44. The highest BCUT2D eigenvalue weighted by Crippen LogP contribution is 2.37. The third-order valence-electron chi connectivity index (χ3n) is 2.22. The maximum Gasteiger partial charge on any atom is 0.328 e. The SMILES string of the molecule is CC#CCOc1c(Br)cc(C=CC(=O)O)cc1OCC. The average molecular weight is 339 g/mol. The molecular formula is C15H15BrO4. The molecule has 106 valence electrons. The maximum absolute atomic E-state index is 10.5. The van der Waals surface area contributed by atoms with Crippen LogP contribution in [0.4, 0.5) is 0 Å². The molecule has 5 heteroatoms. The minimum atomic E-state index is -1.00. The van der Waals surface area contributed by atoms with Crippen LogP contribution in [0.15, 0.2) is 22.7 Å². The Labute approximate surface area is 126 Å². The third kappa shape index (κ3) is 4.98. The molecule has 0 aliphatic rings. The zero-order valence-corrected chi connectivity index (χ0v) is 12.9. The van der Waals surface area contributed by atoms with Crippen LogP contribution in [-0.2, 0) is 4.79 Å². The van der Waals surface area contributed by atoms with Gasteiger partial charge < -0.3 is 14.6 Å². The number of hydrogen-bond donors (Lipinski definition) is 1. The predicted octanol–water partition coefficient (Wildman–Crippen LogP) is 3.35. The van der Waals surface area contributed by atoms with Crippen LogP contribution < -0.4 is 9.47 Å². The summed E-state index contributed by atoms with van der Waals surface area (Å²) in [4.78, 5) is 10.5. The summed E-state index contributed by atoms with van der Waals surface area (Å²) in [5, 5.41) is 8.64. The molecule has 0 aliphatic carbocycles. The highest BCUT2D eigenvalue weighted by Gasteiger charge is 2.11. The molecule has 0 amide bonds. The molecule has 20 heavy (non-hydrogen) atoms. The second-order valence-corrected chi connectivity index (χ2v) is 4.50. The van der Waals surface area contributed by atoms with Crippen LogP contribution in [0.5, 0.6) is 11.5 Å². The normalized spacial score (nSPS) is 9.95. The summed E-state index contributed by atoms with van der Waals surface area (Å²) in [5.74, 6) is 5.65. The number of benzene rings is 1. The summed E-state index contributed by atoms with van der Waals surface area (Å²) < 4.78 is 11.8. The zero-order chi connectivity index (χ0) is 15.0. The Balaban J connectivity index is 3.09. The van der Waals surface area contributed by atoms with E-state index in [1.165, 1.54) is 6.08 Å². The Kier molecular flexibility index (Phi) is 6.68. The molecule has 1 rings (SSSR count). The number of aliphatic carboxylic acids is 1. The summed E-state index contributed by atoms with van der Waals surface area (Å²) in [7, 11) is 0. The van der Waals surface area contributed by atoms with Crippen molar-refractivity contribution in [1.29, 1.82) is 0 Å². The summed E-state index contributed by atoms with van der Waals surface area (Å²) in [6, 6.07) is 3.49. The van der Waals surface area contributed by atoms with Gasteiger partial charge >= 0.3 is 5.97 Å². The lowest BCUT2D eigenvalue weighted by atomic mass is 10.2. The molecule has 1 N–H and O–H groups in total. The molecule has 0 fully saturated rings. The van der Waals surface area contributed by atoms with Crippen molar-refractivity contribution < 1.29 is 19.4 Å². The monoisotopic (exact) mass is 338 g/mol. The summed E-state index contributed by atoms with van der Waals surface area (Å²) in [5.41, 5.74) is 0.705. The van der Waals surface area contributed by atoms with E-state index in [4.69, 9.17) is 14.6 Å². The van der Waals surface area contributed by atoms with Gasteiger partial charge in [-0.2, -0.15) is 0 Å². The van der Waals surface area contributed by atoms with Crippen LogP contribution in [0.1, 0.15) is 19.4 Å². The van der Waals surface area contributed by atoms with Gasteiger partial charge in [-0.3, -0.25) is 0 Å². The Bertz CT molecular complexity index is 567. The first kappa shape index (κ1) is 16.1. The fraction of sp³-hybridized carbons (Fsp3) is 0.267. The number of carboxylic acid groups (broad SMARTS) is 1. The molecule has 0 aromatic heterocycles. The van der Waals surface area contributed by atoms with E-state index in [0.717, 1.165) is 6.08 Å². The number of ether oxygens (including phenoxy) is 2. The molecule has 0 unspecified atom stereocenters. The first-order valence-corrected chi connectivity index (χ1v) is 6.77. The average Bonchev–Trinajstić information content (AvgIpc) is 2.39. The minimum absolute atomic E-state index is 0.263. The van der Waals surface area contributed by atoms with E-state index in [2.05, 4.69) is 27.8 Å². The van der Waals surface area contributed by atoms with E-state index in [1.54, 1.807) is 19.1 Å². The molecular weight excluding hydrogens is 324 g/mol. The highest BCUT2D eigenvalue weighted by molar-refractivity contribution is 9.10. The standard InChI is InChI=1S/C15H15BrO4/c1-3-5-8-20-15-12(16)9-11(6-7-14(17)18)10-13(15)19-4-2/h6-7,9-10H,4,8H2,1-2H3,(H,17,18). The minimum Gasteiger partial charge on any atom is -0.490 e. The van der Waals surface area contributed by atoms with Crippen LogP contribution in [0.2, 0.25) is 0 Å². The van der Waals surface area contributed by atoms with E-state index in [1.807, 2.05) is 6.92 Å². The highest BCUT2D eigenvalue weighted by atomic mass is 79.9. The lowest BCUT2D eigenvalue weighted by Crippen LogP contribution is -2.00. The molecule has 0 atom stereocenters. The van der Waals surface area contributed by atoms with Gasteiger partial charge in [0, 0.05) is 6.08 Å². The largest absolute Gasteiger partial charge is 0.490 e. The zero-order valence-electron chi connectivity index (χ0n) is 11.3. The van der Waals surface area contributed by atoms with E-state index < -0.39 is 5.97 Å². The van der Waals surface area contributed by atoms with Crippen molar-refractivity contribution in [3.63, 3.8) is 0 Å². The van der Waals surface area contributed by atoms with Crippen LogP contribution in [0.25, 0.3) is 6.08 Å². The fourth-order valence-corrected chi connectivity index (χ4v) is 2.01. The van der Waals surface area contributed by atoms with Gasteiger partial charge in [-0.25, -0.2) is 4.79 Å². The van der Waals surface area contributed by atoms with Crippen molar-refractivity contribution in [2.24, 2.45) is 0 Å². The smallest absolute Gasteiger partial charge is 0.328 e. The van der Waals surface area contributed by atoms with Crippen molar-refractivity contribution in [2.75, 3.05) is 13.2 Å². The van der Waals surface area contributed by atoms with Gasteiger partial charge in [0.25, 0.3) is 0 Å². The molecule has 0 saturated heterocycles. The van der Waals surface area contributed by atoms with Crippen molar-refractivity contribution in [3.05, 3.63) is 28.2 Å². The molecule has 1 aromatic rings. The second kappa shape index (κ2) is 8.28. The molecule has 0 bridgehead atoms. The van der Waals surface area contributed by atoms with Crippen LogP contribution >= 0.6 is 15.9 Å². The van der Waals surface area contributed by atoms with Gasteiger partial charge in [-0.15, -0.1) is 5.92 Å². The van der Waals surface area contributed by atoms with Crippen molar-refractivity contribution >= 4 is 28.0 Å². The van der Waals surface area contributed by atoms with Gasteiger partial charge in [0.15, 0.2) is 11.5 Å². The first-order valence-electron chi connectivity index (χ1n) is 5.98. The number of carbonyl (C=O) groups is 1. The molecule has 0 aliphatic heterocycles. The van der Waals surface area contributed by atoms with Gasteiger partial charge in [-0.1, -0.05) is 5.92 Å². The van der Waals surface area contributed by atoms with E-state index in [9.17, 15) is 4.79 Å². The molecule has 0 spiro atoms. The summed E-state index contributed by atoms with van der Waals surface area (Å²) >= 11 is 3.39. The lowest BCUT2D eigenvalue weighted by Gasteiger charge is -2.13. The maximum atomic E-state index is 10.5. The number of rotatable bonds is 6. The van der Waals surface area contributed by atoms with E-state index in [0.29, 0.717) is 28.1 Å². The second-order valence-electron chi connectivity index (χ2n) is 3.65. The Morgan fingerprint density at radius 2 is 2.20 bits per heavy atom.